The summed E-state index contributed by atoms with van der Waals surface area (Å²) < 4.78 is 0. The van der Waals surface area contributed by atoms with E-state index in [1.807, 2.05) is 18.9 Å². The van der Waals surface area contributed by atoms with Crippen LogP contribution in [-0.2, 0) is 0 Å². The summed E-state index contributed by atoms with van der Waals surface area (Å²) in [4.78, 5) is 1.93. The summed E-state index contributed by atoms with van der Waals surface area (Å²) in [6.45, 7) is 2.75. The first-order chi connectivity index (χ1) is 4.81. The average molecular weight is 153 g/mol. The standard InChI is InChI=1S/C8H11NS/c1-4-6-9(3)7-8-10-5-2/h2H,7-8H2,1,3H3. The molecule has 0 atom stereocenters. The minimum atomic E-state index is 0.926. The average Bonchev–Trinajstić information content (AvgIpc) is 1.89. The van der Waals surface area contributed by atoms with Crippen molar-refractivity contribution in [1.82, 2.24) is 4.90 Å². The maximum absolute atomic E-state index is 5.05. The highest BCUT2D eigenvalue weighted by Gasteiger charge is 1.88. The van der Waals surface area contributed by atoms with Gasteiger partial charge in [0, 0.05) is 25.4 Å². The topological polar surface area (TPSA) is 3.24 Å². The third-order valence-electron chi connectivity index (χ3n) is 0.915. The zero-order valence-corrected chi connectivity index (χ0v) is 7.16. The van der Waals surface area contributed by atoms with Gasteiger partial charge in [0.1, 0.15) is 0 Å². The third kappa shape index (κ3) is 5.41. The van der Waals surface area contributed by atoms with Crippen LogP contribution in [0.25, 0.3) is 0 Å². The fraction of sp³-hybridized carbons (Fsp3) is 0.500. The highest BCUT2D eigenvalue weighted by atomic mass is 32.2. The second-order valence-electron chi connectivity index (χ2n) is 1.75. The molecule has 0 bridgehead atoms. The van der Waals surface area contributed by atoms with Crippen LogP contribution >= 0.6 is 11.8 Å². The Bertz CT molecular complexity index is 170. The fourth-order valence-corrected chi connectivity index (χ4v) is 0.971. The lowest BCUT2D eigenvalue weighted by Crippen LogP contribution is -2.14. The summed E-state index contributed by atoms with van der Waals surface area (Å²) in [5.74, 6) is 3.76. The molecule has 0 aliphatic heterocycles. The van der Waals surface area contributed by atoms with Crippen LogP contribution < -0.4 is 0 Å². The summed E-state index contributed by atoms with van der Waals surface area (Å²) in [6.07, 6.45) is 5.05. The molecule has 0 rings (SSSR count). The van der Waals surface area contributed by atoms with E-state index in [1.165, 1.54) is 11.8 Å². The SMILES string of the molecule is C#CSCCN(C)C#CC. The van der Waals surface area contributed by atoms with E-state index in [-0.39, 0.29) is 0 Å². The quantitative estimate of drug-likeness (QED) is 0.341. The zero-order valence-electron chi connectivity index (χ0n) is 6.35. The van der Waals surface area contributed by atoms with E-state index in [0.717, 1.165) is 12.3 Å². The maximum atomic E-state index is 5.05. The number of hydrogen-bond acceptors (Lipinski definition) is 2. The molecule has 0 amide bonds. The van der Waals surface area contributed by atoms with Gasteiger partial charge in [-0.05, 0) is 12.2 Å². The Kier molecular flexibility index (Phi) is 5.92. The Balaban J connectivity index is 3.29. The minimum absolute atomic E-state index is 0.926. The van der Waals surface area contributed by atoms with Crippen molar-refractivity contribution in [3.8, 4) is 23.6 Å². The molecule has 0 spiro atoms. The molecule has 0 fully saturated rings. The molecule has 0 heterocycles. The Hall–Kier alpha value is -0.730. The summed E-state index contributed by atoms with van der Waals surface area (Å²) in [5, 5.41) is 2.51. The van der Waals surface area contributed by atoms with E-state index in [4.69, 9.17) is 6.42 Å². The molecule has 10 heavy (non-hydrogen) atoms. The highest BCUT2D eigenvalue weighted by molar-refractivity contribution is 8.03. The third-order valence-corrected chi connectivity index (χ3v) is 1.47. The lowest BCUT2D eigenvalue weighted by molar-refractivity contribution is 0.517. The van der Waals surface area contributed by atoms with Crippen LogP contribution in [0.4, 0.5) is 0 Å². The minimum Gasteiger partial charge on any atom is -0.335 e. The molecule has 2 heteroatoms. The summed E-state index contributed by atoms with van der Waals surface area (Å²) >= 11 is 1.48. The largest absolute Gasteiger partial charge is 0.335 e. The first-order valence-electron chi connectivity index (χ1n) is 3.02. The van der Waals surface area contributed by atoms with Crippen LogP contribution in [0.1, 0.15) is 6.92 Å². The van der Waals surface area contributed by atoms with Crippen molar-refractivity contribution in [3.63, 3.8) is 0 Å². The van der Waals surface area contributed by atoms with Crippen molar-refractivity contribution in [3.05, 3.63) is 0 Å². The predicted octanol–water partition coefficient (Wildman–Crippen LogP) is 1.22. The van der Waals surface area contributed by atoms with Crippen LogP contribution in [0, 0.1) is 23.6 Å². The lowest BCUT2D eigenvalue weighted by Gasteiger charge is -2.07. The van der Waals surface area contributed by atoms with Gasteiger partial charge in [0.05, 0.1) is 0 Å². The van der Waals surface area contributed by atoms with Gasteiger partial charge in [-0.15, -0.1) is 6.42 Å². The van der Waals surface area contributed by atoms with Crippen molar-refractivity contribution < 1.29 is 0 Å². The maximum Gasteiger partial charge on any atom is 0.0357 e. The molecule has 0 aliphatic rings. The fourth-order valence-electron chi connectivity index (χ4n) is 0.488. The molecule has 1 nitrogen and oxygen atoms in total. The Morgan fingerprint density at radius 3 is 2.80 bits per heavy atom. The molecule has 0 aromatic rings. The number of rotatable bonds is 3. The monoisotopic (exact) mass is 153 g/mol. The Morgan fingerprint density at radius 1 is 1.60 bits per heavy atom. The van der Waals surface area contributed by atoms with Gasteiger partial charge in [0.25, 0.3) is 0 Å². The van der Waals surface area contributed by atoms with Gasteiger partial charge in [-0.25, -0.2) is 0 Å². The molecule has 0 N–H and O–H groups in total. The van der Waals surface area contributed by atoms with Crippen LogP contribution in [0.3, 0.4) is 0 Å². The number of hydrogen-bond donors (Lipinski definition) is 0. The van der Waals surface area contributed by atoms with Gasteiger partial charge < -0.3 is 4.90 Å². The molecule has 54 valence electrons. The summed E-state index contributed by atoms with van der Waals surface area (Å²) in [6, 6.07) is 2.91. The Labute approximate surface area is 67.2 Å². The van der Waals surface area contributed by atoms with Crippen LogP contribution in [-0.4, -0.2) is 24.2 Å². The zero-order chi connectivity index (χ0) is 7.82. The first-order valence-corrected chi connectivity index (χ1v) is 4.00. The molecule has 0 aromatic heterocycles. The lowest BCUT2D eigenvalue weighted by atomic mass is 10.6. The summed E-state index contributed by atoms with van der Waals surface area (Å²) in [5.41, 5.74) is 0. The molecular formula is C8H11NS. The molecule has 0 saturated heterocycles. The molecule has 0 aliphatic carbocycles. The van der Waals surface area contributed by atoms with Gasteiger partial charge in [-0.1, -0.05) is 17.7 Å². The van der Waals surface area contributed by atoms with E-state index in [9.17, 15) is 0 Å². The first kappa shape index (κ1) is 9.27. The second-order valence-corrected chi connectivity index (χ2v) is 2.68. The predicted molar refractivity (Wildman–Crippen MR) is 47.4 cm³/mol. The van der Waals surface area contributed by atoms with Gasteiger partial charge in [0.2, 0.25) is 0 Å². The normalized spacial score (nSPS) is 7.30. The molecule has 0 unspecified atom stereocenters. The molecule has 0 radical (unpaired) electrons. The van der Waals surface area contributed by atoms with E-state index in [0.29, 0.717) is 0 Å². The van der Waals surface area contributed by atoms with Gasteiger partial charge in [0.15, 0.2) is 0 Å². The highest BCUT2D eigenvalue weighted by Crippen LogP contribution is 1.94. The van der Waals surface area contributed by atoms with E-state index < -0.39 is 0 Å². The van der Waals surface area contributed by atoms with Gasteiger partial charge >= 0.3 is 0 Å². The van der Waals surface area contributed by atoms with Crippen molar-refractivity contribution in [2.75, 3.05) is 19.3 Å². The van der Waals surface area contributed by atoms with Crippen LogP contribution in [0.5, 0.6) is 0 Å². The van der Waals surface area contributed by atoms with Gasteiger partial charge in [-0.3, -0.25) is 0 Å². The van der Waals surface area contributed by atoms with Crippen molar-refractivity contribution in [2.24, 2.45) is 0 Å². The van der Waals surface area contributed by atoms with Crippen molar-refractivity contribution in [1.29, 1.82) is 0 Å². The van der Waals surface area contributed by atoms with Crippen molar-refractivity contribution >= 4 is 11.8 Å². The number of nitrogens with zero attached hydrogens (tertiary/aromatic N) is 1. The van der Waals surface area contributed by atoms with Crippen LogP contribution in [0.2, 0.25) is 0 Å². The van der Waals surface area contributed by atoms with E-state index in [2.05, 4.69) is 17.2 Å². The molecule has 0 aromatic carbocycles. The van der Waals surface area contributed by atoms with Crippen LogP contribution in [0.15, 0.2) is 0 Å². The van der Waals surface area contributed by atoms with Gasteiger partial charge in [-0.2, -0.15) is 0 Å². The van der Waals surface area contributed by atoms with Crippen molar-refractivity contribution in [2.45, 2.75) is 6.92 Å². The Morgan fingerprint density at radius 2 is 2.30 bits per heavy atom. The number of terminal acetylenes is 1. The summed E-state index contributed by atoms with van der Waals surface area (Å²) in [7, 11) is 1.95. The smallest absolute Gasteiger partial charge is 0.0357 e. The second kappa shape index (κ2) is 6.39. The van der Waals surface area contributed by atoms with E-state index in [1.54, 1.807) is 0 Å². The van der Waals surface area contributed by atoms with E-state index >= 15 is 0 Å². The number of thioether (sulfide) groups is 1. The molecule has 0 saturated carbocycles. The molecular weight excluding hydrogens is 142 g/mol.